The van der Waals surface area contributed by atoms with Crippen molar-refractivity contribution < 1.29 is 37.0 Å². The first-order valence-corrected chi connectivity index (χ1v) is 15.8. The van der Waals surface area contributed by atoms with Crippen LogP contribution in [-0.2, 0) is 35.6 Å². The maximum atomic E-state index is 13.8. The number of amides is 2. The maximum Gasteiger partial charge on any atom is 0.261 e. The van der Waals surface area contributed by atoms with Crippen molar-refractivity contribution in [2.75, 3.05) is 60.3 Å². The molecular formula is C32H39N3O8S. The number of morpholine rings is 1. The van der Waals surface area contributed by atoms with Crippen molar-refractivity contribution in [1.82, 2.24) is 14.5 Å². The van der Waals surface area contributed by atoms with Crippen molar-refractivity contribution in [3.05, 3.63) is 90.0 Å². The van der Waals surface area contributed by atoms with E-state index in [9.17, 15) is 18.0 Å². The number of sulfonamides is 1. The number of nitrogens with one attached hydrogen (secondary N) is 1. The molecule has 1 aliphatic heterocycles. The third-order valence-corrected chi connectivity index (χ3v) is 9.04. The van der Waals surface area contributed by atoms with Gasteiger partial charge in [0.15, 0.2) is 6.61 Å². The van der Waals surface area contributed by atoms with Gasteiger partial charge in [0.2, 0.25) is 15.9 Å². The first-order valence-electron chi connectivity index (χ1n) is 14.4. The third-order valence-electron chi connectivity index (χ3n) is 7.13. The summed E-state index contributed by atoms with van der Waals surface area (Å²) in [6, 6.07) is 21.4. The Morgan fingerprint density at radius 2 is 1.59 bits per heavy atom. The van der Waals surface area contributed by atoms with Crippen LogP contribution >= 0.6 is 0 Å². The Hall–Kier alpha value is -3.97. The number of nitrogens with zero attached hydrogens (tertiary/aromatic N) is 2. The Bertz CT molecular complexity index is 1450. The van der Waals surface area contributed by atoms with E-state index in [1.165, 1.54) is 33.5 Å². The van der Waals surface area contributed by atoms with E-state index in [1.54, 1.807) is 26.4 Å². The number of rotatable bonds is 15. The van der Waals surface area contributed by atoms with Gasteiger partial charge in [0.1, 0.15) is 17.5 Å². The summed E-state index contributed by atoms with van der Waals surface area (Å²) in [6.07, 6.45) is 0.622. The Morgan fingerprint density at radius 3 is 2.23 bits per heavy atom. The molecule has 0 radical (unpaired) electrons. The molecular weight excluding hydrogens is 586 g/mol. The molecule has 3 aromatic carbocycles. The molecule has 236 valence electrons. The smallest absolute Gasteiger partial charge is 0.261 e. The fourth-order valence-electron chi connectivity index (χ4n) is 4.76. The van der Waals surface area contributed by atoms with Gasteiger partial charge in [-0.25, -0.2) is 8.42 Å². The van der Waals surface area contributed by atoms with Gasteiger partial charge in [0.25, 0.3) is 5.91 Å². The second-order valence-electron chi connectivity index (χ2n) is 10.1. The highest BCUT2D eigenvalue weighted by atomic mass is 32.2. The lowest BCUT2D eigenvalue weighted by Crippen LogP contribution is -2.45. The Labute approximate surface area is 258 Å². The van der Waals surface area contributed by atoms with Gasteiger partial charge in [-0.3, -0.25) is 9.59 Å². The zero-order valence-electron chi connectivity index (χ0n) is 25.0. The molecule has 0 spiro atoms. The van der Waals surface area contributed by atoms with Crippen molar-refractivity contribution in [3.8, 4) is 11.5 Å². The topological polar surface area (TPSA) is 124 Å². The summed E-state index contributed by atoms with van der Waals surface area (Å²) in [4.78, 5) is 29.1. The van der Waals surface area contributed by atoms with Crippen molar-refractivity contribution in [2.24, 2.45) is 0 Å². The van der Waals surface area contributed by atoms with E-state index in [4.69, 9.17) is 18.9 Å². The minimum absolute atomic E-state index is 0.133. The average molecular weight is 626 g/mol. The van der Waals surface area contributed by atoms with Gasteiger partial charge in [-0.1, -0.05) is 42.5 Å². The van der Waals surface area contributed by atoms with E-state index in [0.29, 0.717) is 62.9 Å². The van der Waals surface area contributed by atoms with Crippen molar-refractivity contribution >= 4 is 21.8 Å². The molecule has 44 heavy (non-hydrogen) atoms. The molecule has 0 unspecified atom stereocenters. The first-order chi connectivity index (χ1) is 21.3. The Morgan fingerprint density at radius 1 is 0.932 bits per heavy atom. The van der Waals surface area contributed by atoms with Crippen molar-refractivity contribution in [2.45, 2.75) is 23.9 Å². The molecule has 0 saturated carbocycles. The van der Waals surface area contributed by atoms with E-state index in [1.807, 2.05) is 42.5 Å². The summed E-state index contributed by atoms with van der Waals surface area (Å²) in [5.74, 6) is 0.243. The fourth-order valence-corrected chi connectivity index (χ4v) is 6.16. The van der Waals surface area contributed by atoms with E-state index in [2.05, 4.69) is 5.32 Å². The van der Waals surface area contributed by atoms with Crippen molar-refractivity contribution in [1.29, 1.82) is 0 Å². The molecule has 3 aromatic rings. The number of hydrogen-bond acceptors (Lipinski definition) is 8. The lowest BCUT2D eigenvalue weighted by molar-refractivity contribution is -0.143. The molecule has 1 fully saturated rings. The summed E-state index contributed by atoms with van der Waals surface area (Å²) < 4.78 is 48.8. The molecule has 11 nitrogen and oxygen atoms in total. The molecule has 0 aromatic heterocycles. The van der Waals surface area contributed by atoms with Gasteiger partial charge >= 0.3 is 0 Å². The predicted molar refractivity (Wildman–Crippen MR) is 164 cm³/mol. The van der Waals surface area contributed by atoms with E-state index < -0.39 is 22.0 Å². The predicted octanol–water partition coefficient (Wildman–Crippen LogP) is 3.02. The molecule has 2 amide bonds. The summed E-state index contributed by atoms with van der Waals surface area (Å²) in [5.41, 5.74) is 1.45. The summed E-state index contributed by atoms with van der Waals surface area (Å²) >= 11 is 0. The number of benzene rings is 3. The van der Waals surface area contributed by atoms with Crippen LogP contribution in [0.3, 0.4) is 0 Å². The molecule has 1 saturated heterocycles. The summed E-state index contributed by atoms with van der Waals surface area (Å²) in [5, 5.41) is 2.93. The van der Waals surface area contributed by atoms with Crippen LogP contribution < -0.4 is 14.8 Å². The Kier molecular flexibility index (Phi) is 12.1. The first kappa shape index (κ1) is 32.9. The van der Waals surface area contributed by atoms with Crippen LogP contribution in [0.1, 0.15) is 23.6 Å². The monoisotopic (exact) mass is 625 g/mol. The van der Waals surface area contributed by atoms with Crippen LogP contribution in [-0.4, -0.2) is 89.7 Å². The second kappa shape index (κ2) is 16.2. The van der Waals surface area contributed by atoms with Crippen LogP contribution in [0.25, 0.3) is 0 Å². The number of carbonyl (C=O) groups is 2. The average Bonchev–Trinajstić information content (AvgIpc) is 3.06. The molecule has 1 heterocycles. The van der Waals surface area contributed by atoms with Gasteiger partial charge in [-0.15, -0.1) is 0 Å². The van der Waals surface area contributed by atoms with Crippen molar-refractivity contribution in [3.63, 3.8) is 0 Å². The number of ether oxygens (including phenoxy) is 4. The summed E-state index contributed by atoms with van der Waals surface area (Å²) in [7, 11) is -0.492. The van der Waals surface area contributed by atoms with Gasteiger partial charge in [0, 0.05) is 39.9 Å². The standard InChI is InChI=1S/C32H39N3O8S/c1-40-20-6-17-33-32(37)31(26-7-4-3-5-8-26)35(23-25-9-11-27(41-2)12-10-25)30(36)24-43-28-13-15-29(16-14-28)44(38,39)34-18-21-42-22-19-34/h3-5,7-16,31H,6,17-24H2,1-2H3,(H,33,37)/t31-/m0/s1. The lowest BCUT2D eigenvalue weighted by Gasteiger charge is -2.31. The zero-order chi connectivity index (χ0) is 31.4. The number of carbonyl (C=O) groups excluding carboxylic acids is 2. The fraction of sp³-hybridized carbons (Fsp3) is 0.375. The van der Waals surface area contributed by atoms with Gasteiger partial charge < -0.3 is 29.2 Å². The Balaban J connectivity index is 1.54. The lowest BCUT2D eigenvalue weighted by atomic mass is 10.0. The van der Waals surface area contributed by atoms with E-state index in [-0.39, 0.29) is 24.0 Å². The van der Waals surface area contributed by atoms with Crippen LogP contribution in [0.4, 0.5) is 0 Å². The highest BCUT2D eigenvalue weighted by Crippen LogP contribution is 2.26. The van der Waals surface area contributed by atoms with Gasteiger partial charge in [-0.05, 0) is 53.9 Å². The van der Waals surface area contributed by atoms with E-state index >= 15 is 0 Å². The molecule has 12 heteroatoms. The quantitative estimate of drug-likeness (QED) is 0.256. The van der Waals surface area contributed by atoms with E-state index in [0.717, 1.165) is 5.56 Å². The van der Waals surface area contributed by atoms with Crippen LogP contribution in [0.15, 0.2) is 83.8 Å². The maximum absolute atomic E-state index is 13.8. The largest absolute Gasteiger partial charge is 0.497 e. The molecule has 1 atom stereocenters. The molecule has 4 rings (SSSR count). The molecule has 0 bridgehead atoms. The molecule has 1 aliphatic rings. The van der Waals surface area contributed by atoms with Crippen LogP contribution in [0.5, 0.6) is 11.5 Å². The van der Waals surface area contributed by atoms with Gasteiger partial charge in [0.05, 0.1) is 25.2 Å². The second-order valence-corrected chi connectivity index (χ2v) is 12.0. The minimum atomic E-state index is -3.66. The van der Waals surface area contributed by atoms with Gasteiger partial charge in [-0.2, -0.15) is 4.31 Å². The third kappa shape index (κ3) is 8.79. The zero-order valence-corrected chi connectivity index (χ0v) is 25.8. The summed E-state index contributed by atoms with van der Waals surface area (Å²) in [6.45, 7) is 1.93. The molecule has 0 aliphatic carbocycles. The van der Waals surface area contributed by atoms with Crippen LogP contribution in [0.2, 0.25) is 0 Å². The number of methoxy groups -OCH3 is 2. The number of hydrogen-bond donors (Lipinski definition) is 1. The minimum Gasteiger partial charge on any atom is -0.497 e. The molecule has 1 N–H and O–H groups in total. The normalized spacial score (nSPS) is 14.4. The highest BCUT2D eigenvalue weighted by molar-refractivity contribution is 7.89. The van der Waals surface area contributed by atoms with Crippen LogP contribution in [0, 0.1) is 0 Å². The SMILES string of the molecule is COCCCNC(=O)[C@H](c1ccccc1)N(Cc1ccc(OC)cc1)C(=O)COc1ccc(S(=O)(=O)N2CCOCC2)cc1. The highest BCUT2D eigenvalue weighted by Gasteiger charge is 2.32.